The minimum Gasteiger partial charge on any atom is -0.394 e. The molecule has 6 rings (SSSR count). The summed E-state index contributed by atoms with van der Waals surface area (Å²) in [5.41, 5.74) is -2.31. The molecule has 0 aromatic carbocycles. The fraction of sp³-hybridized carbons (Fsp3) is 0.952. The molecule has 0 radical (unpaired) electrons. The Morgan fingerprint density at radius 3 is 1.84 bits per heavy atom. The first-order chi connectivity index (χ1) is 26.0. The number of ether oxygens (including phenoxy) is 4. The highest BCUT2D eigenvalue weighted by Gasteiger charge is 2.72. The predicted octanol–water partition coefficient (Wildman–Crippen LogP) is 0.976. The molecule has 0 aromatic rings. The van der Waals surface area contributed by atoms with Crippen LogP contribution >= 0.6 is 0 Å². The monoisotopic (exact) mass is 800 g/mol. The summed E-state index contributed by atoms with van der Waals surface area (Å²) in [6.07, 6.45) is -7.15. The van der Waals surface area contributed by atoms with Gasteiger partial charge >= 0.3 is 0 Å². The van der Waals surface area contributed by atoms with Crippen molar-refractivity contribution in [3.63, 3.8) is 0 Å². The Morgan fingerprint density at radius 2 is 1.27 bits per heavy atom. The average Bonchev–Trinajstić information content (AvgIpc) is 3.53. The quantitative estimate of drug-likeness (QED) is 0.110. The lowest BCUT2D eigenvalue weighted by atomic mass is 9.35. The van der Waals surface area contributed by atoms with Crippen LogP contribution in [0.25, 0.3) is 0 Å². The lowest BCUT2D eigenvalue weighted by Gasteiger charge is -2.70. The van der Waals surface area contributed by atoms with Gasteiger partial charge in [0, 0.05) is 0 Å². The van der Waals surface area contributed by atoms with E-state index in [-0.39, 0.29) is 51.9 Å². The lowest BCUT2D eigenvalue weighted by Crippen LogP contribution is -2.67. The molecule has 10 N–H and O–H groups in total. The molecular weight excluding hydrogens is 728 g/mol. The molecule has 0 bridgehead atoms. The number of hydrogen-bond donors (Lipinski definition) is 10. The summed E-state index contributed by atoms with van der Waals surface area (Å²) < 4.78 is 24.7. The maximum absolute atomic E-state index is 12.5. The Labute approximate surface area is 331 Å². The summed E-state index contributed by atoms with van der Waals surface area (Å²) in [7, 11) is 0. The Kier molecular flexibility index (Phi) is 12.7. The molecule has 6 aliphatic rings. The van der Waals surface area contributed by atoms with Crippen molar-refractivity contribution >= 4 is 0 Å². The highest BCUT2D eigenvalue weighted by atomic mass is 16.7. The van der Waals surface area contributed by atoms with Crippen molar-refractivity contribution in [2.75, 3.05) is 13.2 Å². The molecule has 4 saturated carbocycles. The summed E-state index contributed by atoms with van der Waals surface area (Å²) in [5, 5.41) is 107. The van der Waals surface area contributed by atoms with E-state index in [2.05, 4.69) is 34.6 Å². The van der Waals surface area contributed by atoms with E-state index in [1.807, 2.05) is 20.8 Å². The Morgan fingerprint density at radius 1 is 0.714 bits per heavy atom. The molecule has 0 spiro atoms. The van der Waals surface area contributed by atoms with E-state index in [1.165, 1.54) is 0 Å². The molecular formula is C42H72O14. The molecule has 21 unspecified atom stereocenters. The molecule has 2 heterocycles. The van der Waals surface area contributed by atoms with Gasteiger partial charge in [0.25, 0.3) is 0 Å². The average molecular weight is 801 g/mol. The Hall–Kier alpha value is -0.820. The summed E-state index contributed by atoms with van der Waals surface area (Å²) in [6, 6.07) is 0. The second kappa shape index (κ2) is 15.9. The van der Waals surface area contributed by atoms with E-state index in [9.17, 15) is 51.1 Å². The van der Waals surface area contributed by atoms with Crippen LogP contribution in [0, 0.1) is 51.2 Å². The van der Waals surface area contributed by atoms with Crippen molar-refractivity contribution in [2.45, 2.75) is 186 Å². The third kappa shape index (κ3) is 7.06. The third-order valence-electron chi connectivity index (χ3n) is 16.7. The fourth-order valence-electron chi connectivity index (χ4n) is 13.1. The van der Waals surface area contributed by atoms with Gasteiger partial charge in [0.1, 0.15) is 48.8 Å². The molecule has 14 nitrogen and oxygen atoms in total. The predicted molar refractivity (Wildman–Crippen MR) is 202 cm³/mol. The fourth-order valence-corrected chi connectivity index (χ4v) is 13.1. The van der Waals surface area contributed by atoms with Crippen molar-refractivity contribution in [2.24, 2.45) is 51.2 Å². The number of rotatable bonds is 10. The maximum Gasteiger partial charge on any atom is 0.187 e. The molecule has 14 heteroatoms. The van der Waals surface area contributed by atoms with Gasteiger partial charge in [-0.3, -0.25) is 0 Å². The molecule has 324 valence electrons. The highest BCUT2D eigenvalue weighted by molar-refractivity contribution is 5.22. The van der Waals surface area contributed by atoms with Crippen LogP contribution in [0.1, 0.15) is 100 Å². The van der Waals surface area contributed by atoms with Crippen LogP contribution in [0.3, 0.4) is 0 Å². The van der Waals surface area contributed by atoms with Gasteiger partial charge in [-0.1, -0.05) is 60.6 Å². The van der Waals surface area contributed by atoms with Crippen LogP contribution in [0.2, 0.25) is 0 Å². The third-order valence-corrected chi connectivity index (χ3v) is 16.7. The second-order valence-corrected chi connectivity index (χ2v) is 20.2. The molecule has 4 aliphatic carbocycles. The van der Waals surface area contributed by atoms with E-state index in [0.717, 1.165) is 25.7 Å². The lowest BCUT2D eigenvalue weighted by molar-refractivity contribution is -0.334. The molecule has 56 heavy (non-hydrogen) atoms. The van der Waals surface area contributed by atoms with Gasteiger partial charge in [0.15, 0.2) is 12.6 Å². The van der Waals surface area contributed by atoms with Crippen LogP contribution in [0.15, 0.2) is 12.2 Å². The van der Waals surface area contributed by atoms with Gasteiger partial charge < -0.3 is 70.0 Å². The van der Waals surface area contributed by atoms with Crippen molar-refractivity contribution in [3.05, 3.63) is 12.2 Å². The van der Waals surface area contributed by atoms with Crippen LogP contribution < -0.4 is 0 Å². The summed E-state index contributed by atoms with van der Waals surface area (Å²) in [4.78, 5) is 0. The van der Waals surface area contributed by atoms with Crippen molar-refractivity contribution < 1.29 is 70.0 Å². The Balaban J connectivity index is 1.28. The van der Waals surface area contributed by atoms with Gasteiger partial charge in [0.05, 0.1) is 37.1 Å². The van der Waals surface area contributed by atoms with Crippen LogP contribution in [0.4, 0.5) is 0 Å². The summed E-state index contributed by atoms with van der Waals surface area (Å²) >= 11 is 0. The van der Waals surface area contributed by atoms with Crippen LogP contribution in [-0.4, -0.2) is 150 Å². The van der Waals surface area contributed by atoms with Crippen molar-refractivity contribution in [1.29, 1.82) is 0 Å². The standard InChI is InChI=1S/C42H72O14/c1-20(2)22(45)10-16-42(8,56-37-35(52)33(50)31(48)25(19-44)54-37)21-9-14-41(7)29(21)23(46)17-27-39(5)13-12-28(38(3,4)26(39)11-15-40(27,41)6)55-36-34(51)32(49)30(47)24(18-43)53-36/h10,16,20-37,43-52H,9,11-15,17-19H2,1-8H3. The maximum atomic E-state index is 12.5. The first kappa shape index (κ1) is 44.7. The highest BCUT2D eigenvalue weighted by Crippen LogP contribution is 2.76. The van der Waals surface area contributed by atoms with E-state index in [0.29, 0.717) is 19.3 Å². The number of fused-ring (bicyclic) bond motifs is 5. The number of hydrogen-bond acceptors (Lipinski definition) is 14. The van der Waals surface area contributed by atoms with Gasteiger partial charge in [-0.15, -0.1) is 0 Å². The van der Waals surface area contributed by atoms with Gasteiger partial charge in [0.2, 0.25) is 0 Å². The minimum atomic E-state index is -1.62. The second-order valence-electron chi connectivity index (χ2n) is 20.2. The molecule has 2 saturated heterocycles. The zero-order valence-corrected chi connectivity index (χ0v) is 34.5. The van der Waals surface area contributed by atoms with E-state index < -0.39 is 97.8 Å². The van der Waals surface area contributed by atoms with Gasteiger partial charge in [-0.25, -0.2) is 0 Å². The molecule has 2 aliphatic heterocycles. The van der Waals surface area contributed by atoms with Gasteiger partial charge in [-0.05, 0) is 103 Å². The van der Waals surface area contributed by atoms with Crippen LogP contribution in [-0.2, 0) is 18.9 Å². The number of aliphatic hydroxyl groups excluding tert-OH is 10. The van der Waals surface area contributed by atoms with Crippen molar-refractivity contribution in [3.8, 4) is 0 Å². The largest absolute Gasteiger partial charge is 0.394 e. The first-order valence-electron chi connectivity index (χ1n) is 21.0. The van der Waals surface area contributed by atoms with E-state index >= 15 is 0 Å². The minimum absolute atomic E-state index is 0.0885. The zero-order valence-electron chi connectivity index (χ0n) is 34.5. The van der Waals surface area contributed by atoms with E-state index in [4.69, 9.17) is 18.9 Å². The molecule has 0 amide bonds. The summed E-state index contributed by atoms with van der Waals surface area (Å²) in [5.74, 6) is -0.283. The zero-order chi connectivity index (χ0) is 41.5. The molecule has 21 atom stereocenters. The number of aliphatic hydroxyl groups is 10. The van der Waals surface area contributed by atoms with Crippen LogP contribution in [0.5, 0.6) is 0 Å². The van der Waals surface area contributed by atoms with Gasteiger partial charge in [-0.2, -0.15) is 0 Å². The molecule has 6 fully saturated rings. The summed E-state index contributed by atoms with van der Waals surface area (Å²) in [6.45, 7) is 16.0. The van der Waals surface area contributed by atoms with Crippen molar-refractivity contribution in [1.82, 2.24) is 0 Å². The normalized spacial score (nSPS) is 52.3. The SMILES string of the molecule is CC(C)C(O)C=CC(C)(OC1OC(CO)C(O)C(O)C1O)C1CCC2(C)C1C(O)CC1C3(C)CCC(OC4OC(CO)C(O)C(O)C4O)C(C)(C)C3CCC12C. The topological polar surface area (TPSA) is 239 Å². The smallest absolute Gasteiger partial charge is 0.187 e. The Bertz CT molecular complexity index is 1390. The van der Waals surface area contributed by atoms with E-state index in [1.54, 1.807) is 12.2 Å². The first-order valence-corrected chi connectivity index (χ1v) is 21.0. The molecule has 0 aromatic heterocycles.